The van der Waals surface area contributed by atoms with E-state index < -0.39 is 5.97 Å². The van der Waals surface area contributed by atoms with Gasteiger partial charge in [0.25, 0.3) is 0 Å². The topological polar surface area (TPSA) is 65.2 Å². The van der Waals surface area contributed by atoms with E-state index in [1.807, 2.05) is 6.07 Å². The second kappa shape index (κ2) is 5.25. The van der Waals surface area contributed by atoms with Crippen LogP contribution in [0.2, 0.25) is 0 Å². The number of carbonyl (C=O) groups is 1. The number of methoxy groups -OCH3 is 1. The number of oxazole rings is 1. The number of ether oxygens (including phenoxy) is 1. The molecule has 17 heavy (non-hydrogen) atoms. The van der Waals surface area contributed by atoms with E-state index in [0.29, 0.717) is 18.0 Å². The first-order valence-corrected chi connectivity index (χ1v) is 5.21. The summed E-state index contributed by atoms with van der Waals surface area (Å²) in [6, 6.07) is 3.50. The molecule has 0 unspecified atom stereocenters. The van der Waals surface area contributed by atoms with Crippen molar-refractivity contribution in [2.75, 3.05) is 7.11 Å². The Bertz CT molecular complexity index is 477. The second-order valence-corrected chi connectivity index (χ2v) is 3.47. The van der Waals surface area contributed by atoms with Crippen LogP contribution in [0.4, 0.5) is 0 Å². The molecular formula is C12H12N2O3. The summed E-state index contributed by atoms with van der Waals surface area (Å²) in [7, 11) is 1.33. The average molecular weight is 232 g/mol. The van der Waals surface area contributed by atoms with Crippen LogP contribution in [0.5, 0.6) is 0 Å². The predicted molar refractivity (Wildman–Crippen MR) is 59.5 cm³/mol. The Morgan fingerprint density at radius 1 is 1.35 bits per heavy atom. The number of nitrogens with zero attached hydrogens (tertiary/aromatic N) is 2. The van der Waals surface area contributed by atoms with Crippen molar-refractivity contribution in [2.45, 2.75) is 12.8 Å². The highest BCUT2D eigenvalue weighted by Crippen LogP contribution is 2.06. The average Bonchev–Trinajstić information content (AvgIpc) is 2.89. The van der Waals surface area contributed by atoms with Crippen molar-refractivity contribution in [3.05, 3.63) is 47.9 Å². The maximum atomic E-state index is 11.2. The summed E-state index contributed by atoms with van der Waals surface area (Å²) in [5, 5.41) is 0. The minimum atomic E-state index is -0.427. The summed E-state index contributed by atoms with van der Waals surface area (Å²) in [4.78, 5) is 19.2. The van der Waals surface area contributed by atoms with Crippen LogP contribution in [0.25, 0.3) is 0 Å². The van der Waals surface area contributed by atoms with Gasteiger partial charge in [0.1, 0.15) is 12.0 Å². The van der Waals surface area contributed by atoms with E-state index in [1.165, 1.54) is 7.11 Å². The van der Waals surface area contributed by atoms with Crippen molar-refractivity contribution in [1.29, 1.82) is 0 Å². The summed E-state index contributed by atoms with van der Waals surface area (Å²) in [6.07, 6.45) is 6.32. The Hall–Kier alpha value is -2.17. The zero-order chi connectivity index (χ0) is 12.1. The van der Waals surface area contributed by atoms with Gasteiger partial charge in [-0.3, -0.25) is 0 Å². The van der Waals surface area contributed by atoms with Gasteiger partial charge >= 0.3 is 5.97 Å². The first kappa shape index (κ1) is 11.3. The maximum Gasteiger partial charge on any atom is 0.356 e. The molecule has 0 saturated carbocycles. The lowest BCUT2D eigenvalue weighted by Crippen LogP contribution is -2.04. The minimum absolute atomic E-state index is 0.312. The normalized spacial score (nSPS) is 10.2. The number of hydrogen-bond donors (Lipinski definition) is 0. The maximum absolute atomic E-state index is 11.2. The van der Waals surface area contributed by atoms with E-state index in [1.54, 1.807) is 24.7 Å². The molecule has 88 valence electrons. The molecule has 0 radical (unpaired) electrons. The number of pyridine rings is 1. The highest BCUT2D eigenvalue weighted by molar-refractivity contribution is 5.86. The lowest BCUT2D eigenvalue weighted by molar-refractivity contribution is 0.0594. The number of hydrogen-bond acceptors (Lipinski definition) is 5. The van der Waals surface area contributed by atoms with E-state index in [9.17, 15) is 4.79 Å². The third-order valence-corrected chi connectivity index (χ3v) is 2.33. The number of aryl methyl sites for hydroxylation is 2. The van der Waals surface area contributed by atoms with E-state index in [2.05, 4.69) is 14.7 Å². The van der Waals surface area contributed by atoms with Crippen molar-refractivity contribution in [2.24, 2.45) is 0 Å². The molecule has 0 spiro atoms. The predicted octanol–water partition coefficient (Wildman–Crippen LogP) is 1.64. The summed E-state index contributed by atoms with van der Waals surface area (Å²) >= 11 is 0. The molecule has 2 aromatic heterocycles. The van der Waals surface area contributed by atoms with Gasteiger partial charge in [-0.2, -0.15) is 0 Å². The Kier molecular flexibility index (Phi) is 3.49. The van der Waals surface area contributed by atoms with Gasteiger partial charge in [0, 0.05) is 12.6 Å². The van der Waals surface area contributed by atoms with Crippen LogP contribution < -0.4 is 0 Å². The molecule has 0 bridgehead atoms. The van der Waals surface area contributed by atoms with Gasteiger partial charge in [0.15, 0.2) is 5.89 Å². The first-order chi connectivity index (χ1) is 8.29. The quantitative estimate of drug-likeness (QED) is 0.750. The Morgan fingerprint density at radius 2 is 2.24 bits per heavy atom. The van der Waals surface area contributed by atoms with Crippen LogP contribution in [0.1, 0.15) is 21.9 Å². The fraction of sp³-hybridized carbons (Fsp3) is 0.250. The molecule has 0 aliphatic rings. The Labute approximate surface area is 98.5 Å². The van der Waals surface area contributed by atoms with Crippen molar-refractivity contribution < 1.29 is 13.9 Å². The van der Waals surface area contributed by atoms with Crippen LogP contribution in [-0.4, -0.2) is 23.0 Å². The van der Waals surface area contributed by atoms with Gasteiger partial charge in [-0.1, -0.05) is 6.07 Å². The zero-order valence-electron chi connectivity index (χ0n) is 9.42. The van der Waals surface area contributed by atoms with Crippen molar-refractivity contribution >= 4 is 5.97 Å². The van der Waals surface area contributed by atoms with Crippen LogP contribution >= 0.6 is 0 Å². The molecule has 5 heteroatoms. The number of rotatable bonds is 4. The van der Waals surface area contributed by atoms with Crippen molar-refractivity contribution in [3.63, 3.8) is 0 Å². The molecule has 0 N–H and O–H groups in total. The molecule has 2 rings (SSSR count). The molecule has 0 atom stereocenters. The molecular weight excluding hydrogens is 220 g/mol. The van der Waals surface area contributed by atoms with Gasteiger partial charge in [0.2, 0.25) is 0 Å². The lowest BCUT2D eigenvalue weighted by Gasteiger charge is -2.00. The summed E-state index contributed by atoms with van der Waals surface area (Å²) in [6.45, 7) is 0. The van der Waals surface area contributed by atoms with E-state index in [-0.39, 0.29) is 0 Å². The number of carbonyl (C=O) groups excluding carboxylic acids is 1. The first-order valence-electron chi connectivity index (χ1n) is 5.21. The van der Waals surface area contributed by atoms with Crippen LogP contribution in [-0.2, 0) is 17.6 Å². The fourth-order valence-electron chi connectivity index (χ4n) is 1.43. The summed E-state index contributed by atoms with van der Waals surface area (Å²) < 4.78 is 9.70. The van der Waals surface area contributed by atoms with E-state index in [4.69, 9.17) is 4.42 Å². The third kappa shape index (κ3) is 2.90. The van der Waals surface area contributed by atoms with Crippen LogP contribution in [0.15, 0.2) is 35.2 Å². The largest absolute Gasteiger partial charge is 0.464 e. The van der Waals surface area contributed by atoms with Gasteiger partial charge in [-0.15, -0.1) is 0 Å². The molecule has 2 heterocycles. The van der Waals surface area contributed by atoms with Crippen LogP contribution in [0, 0.1) is 0 Å². The molecule has 0 aliphatic heterocycles. The second-order valence-electron chi connectivity index (χ2n) is 3.47. The van der Waals surface area contributed by atoms with Crippen LogP contribution in [0.3, 0.4) is 0 Å². The van der Waals surface area contributed by atoms with Crippen molar-refractivity contribution in [1.82, 2.24) is 9.97 Å². The fourth-order valence-corrected chi connectivity index (χ4v) is 1.43. The highest BCUT2D eigenvalue weighted by atomic mass is 16.5. The standard InChI is InChI=1S/C12H12N2O3/c1-16-12(15)10-4-2-9(8-14-10)3-5-11-13-6-7-17-11/h2,4,6-8H,3,5H2,1H3. The van der Waals surface area contributed by atoms with Gasteiger partial charge < -0.3 is 9.15 Å². The molecule has 0 aliphatic carbocycles. The van der Waals surface area contributed by atoms with Gasteiger partial charge in [-0.05, 0) is 18.1 Å². The number of esters is 1. The molecule has 0 aromatic carbocycles. The smallest absolute Gasteiger partial charge is 0.356 e. The van der Waals surface area contributed by atoms with Crippen molar-refractivity contribution in [3.8, 4) is 0 Å². The molecule has 5 nitrogen and oxygen atoms in total. The summed E-state index contributed by atoms with van der Waals surface area (Å²) in [5.41, 5.74) is 1.34. The van der Waals surface area contributed by atoms with E-state index in [0.717, 1.165) is 12.0 Å². The third-order valence-electron chi connectivity index (χ3n) is 2.33. The summed E-state index contributed by atoms with van der Waals surface area (Å²) in [5.74, 6) is 0.270. The SMILES string of the molecule is COC(=O)c1ccc(CCc2ncco2)cn1. The number of aromatic nitrogens is 2. The minimum Gasteiger partial charge on any atom is -0.464 e. The molecule has 0 amide bonds. The monoisotopic (exact) mass is 232 g/mol. The van der Waals surface area contributed by atoms with E-state index >= 15 is 0 Å². The Morgan fingerprint density at radius 3 is 2.82 bits per heavy atom. The zero-order valence-corrected chi connectivity index (χ0v) is 9.42. The van der Waals surface area contributed by atoms with Gasteiger partial charge in [0.05, 0.1) is 13.3 Å². The Balaban J connectivity index is 1.96. The molecule has 2 aromatic rings. The molecule has 0 saturated heterocycles. The molecule has 0 fully saturated rings. The lowest BCUT2D eigenvalue weighted by atomic mass is 10.1. The highest BCUT2D eigenvalue weighted by Gasteiger charge is 2.06. The van der Waals surface area contributed by atoms with Gasteiger partial charge in [-0.25, -0.2) is 14.8 Å².